The van der Waals surface area contributed by atoms with Gasteiger partial charge in [-0.2, -0.15) is 0 Å². The van der Waals surface area contributed by atoms with Crippen molar-refractivity contribution < 1.29 is 13.9 Å². The van der Waals surface area contributed by atoms with Gasteiger partial charge in [0.2, 0.25) is 0 Å². The molecular formula is C10H11FO2. The Kier molecular flexibility index (Phi) is 3.14. The van der Waals surface area contributed by atoms with E-state index in [1.54, 1.807) is 12.1 Å². The monoisotopic (exact) mass is 182 g/mol. The highest BCUT2D eigenvalue weighted by atomic mass is 19.1. The molecular weight excluding hydrogens is 171 g/mol. The second kappa shape index (κ2) is 4.14. The van der Waals surface area contributed by atoms with Crippen molar-refractivity contribution in [3.05, 3.63) is 35.1 Å². The van der Waals surface area contributed by atoms with Crippen LogP contribution in [0.3, 0.4) is 0 Å². The van der Waals surface area contributed by atoms with Crippen LogP contribution < -0.4 is 0 Å². The summed E-state index contributed by atoms with van der Waals surface area (Å²) in [6, 6.07) is 4.59. The summed E-state index contributed by atoms with van der Waals surface area (Å²) < 4.78 is 18.0. The second-order valence-corrected chi connectivity index (χ2v) is 2.82. The minimum absolute atomic E-state index is 0.289. The lowest BCUT2D eigenvalue weighted by atomic mass is 10.1. The molecule has 0 aliphatic heterocycles. The Labute approximate surface area is 76.3 Å². The summed E-state index contributed by atoms with van der Waals surface area (Å²) in [5.41, 5.74) is 1.19. The Morgan fingerprint density at radius 1 is 1.54 bits per heavy atom. The van der Waals surface area contributed by atoms with Crippen LogP contribution in [0.4, 0.5) is 4.39 Å². The normalized spacial score (nSPS) is 12.5. The molecule has 0 spiro atoms. The van der Waals surface area contributed by atoms with Gasteiger partial charge < -0.3 is 9.53 Å². The summed E-state index contributed by atoms with van der Waals surface area (Å²) in [5.74, 6) is -0.412. The standard InChI is InChI=1S/C10H11FO2/c1-7-3-4-9(11)8(5-7)10(6-12)13-2/h3-6,10H,1-2H3. The number of aldehydes is 1. The molecule has 0 aliphatic rings. The number of halogens is 1. The van der Waals surface area contributed by atoms with E-state index in [2.05, 4.69) is 0 Å². The van der Waals surface area contributed by atoms with Gasteiger partial charge in [-0.3, -0.25) is 0 Å². The highest BCUT2D eigenvalue weighted by Crippen LogP contribution is 2.19. The van der Waals surface area contributed by atoms with E-state index in [4.69, 9.17) is 4.74 Å². The van der Waals surface area contributed by atoms with Gasteiger partial charge in [0.05, 0.1) is 0 Å². The molecule has 0 N–H and O–H groups in total. The number of methoxy groups -OCH3 is 1. The van der Waals surface area contributed by atoms with E-state index in [1.807, 2.05) is 6.92 Å². The van der Waals surface area contributed by atoms with E-state index in [1.165, 1.54) is 13.2 Å². The maximum atomic E-state index is 13.2. The van der Waals surface area contributed by atoms with Crippen LogP contribution >= 0.6 is 0 Å². The van der Waals surface area contributed by atoms with E-state index < -0.39 is 11.9 Å². The predicted octanol–water partition coefficient (Wildman–Crippen LogP) is 2.02. The number of hydrogen-bond acceptors (Lipinski definition) is 2. The fourth-order valence-corrected chi connectivity index (χ4v) is 1.14. The van der Waals surface area contributed by atoms with Crippen LogP contribution in [0.2, 0.25) is 0 Å². The van der Waals surface area contributed by atoms with Gasteiger partial charge in [0.15, 0.2) is 6.29 Å². The van der Waals surface area contributed by atoms with Gasteiger partial charge in [-0.15, -0.1) is 0 Å². The number of ether oxygens (including phenoxy) is 1. The fraction of sp³-hybridized carbons (Fsp3) is 0.300. The number of carbonyl (C=O) groups is 1. The smallest absolute Gasteiger partial charge is 0.153 e. The van der Waals surface area contributed by atoms with E-state index in [0.717, 1.165) is 5.56 Å². The molecule has 0 fully saturated rings. The molecule has 0 aromatic heterocycles. The average molecular weight is 182 g/mol. The van der Waals surface area contributed by atoms with E-state index in [0.29, 0.717) is 6.29 Å². The molecule has 0 saturated heterocycles. The highest BCUT2D eigenvalue weighted by Gasteiger charge is 2.13. The summed E-state index contributed by atoms with van der Waals surface area (Å²) in [5, 5.41) is 0. The van der Waals surface area contributed by atoms with Crippen molar-refractivity contribution >= 4 is 6.29 Å². The number of aryl methyl sites for hydroxylation is 1. The summed E-state index contributed by atoms with van der Waals surface area (Å²) in [6.07, 6.45) is -0.224. The molecule has 1 atom stereocenters. The molecule has 0 amide bonds. The van der Waals surface area contributed by atoms with Gasteiger partial charge in [0.1, 0.15) is 11.9 Å². The molecule has 70 valence electrons. The highest BCUT2D eigenvalue weighted by molar-refractivity contribution is 5.60. The summed E-state index contributed by atoms with van der Waals surface area (Å²) in [6.45, 7) is 1.83. The summed E-state index contributed by atoms with van der Waals surface area (Å²) in [4.78, 5) is 10.5. The van der Waals surface area contributed by atoms with Gasteiger partial charge >= 0.3 is 0 Å². The van der Waals surface area contributed by atoms with Gasteiger partial charge in [-0.25, -0.2) is 4.39 Å². The molecule has 0 saturated carbocycles. The molecule has 0 aliphatic carbocycles. The topological polar surface area (TPSA) is 26.3 Å². The van der Waals surface area contributed by atoms with Gasteiger partial charge in [0, 0.05) is 12.7 Å². The molecule has 0 radical (unpaired) electrons. The van der Waals surface area contributed by atoms with Crippen molar-refractivity contribution in [1.29, 1.82) is 0 Å². The lowest BCUT2D eigenvalue weighted by Crippen LogP contribution is -2.05. The summed E-state index contributed by atoms with van der Waals surface area (Å²) >= 11 is 0. The van der Waals surface area contributed by atoms with Crippen molar-refractivity contribution in [2.45, 2.75) is 13.0 Å². The van der Waals surface area contributed by atoms with Crippen molar-refractivity contribution in [3.8, 4) is 0 Å². The number of rotatable bonds is 3. The van der Waals surface area contributed by atoms with E-state index in [9.17, 15) is 9.18 Å². The van der Waals surface area contributed by atoms with Crippen LogP contribution in [0.15, 0.2) is 18.2 Å². The lowest BCUT2D eigenvalue weighted by molar-refractivity contribution is -0.116. The Bertz CT molecular complexity index is 310. The van der Waals surface area contributed by atoms with Crippen molar-refractivity contribution in [2.75, 3.05) is 7.11 Å². The van der Waals surface area contributed by atoms with Crippen LogP contribution in [0, 0.1) is 12.7 Å². The molecule has 1 aromatic rings. The zero-order valence-electron chi connectivity index (χ0n) is 7.58. The maximum absolute atomic E-state index is 13.2. The first kappa shape index (κ1) is 9.86. The van der Waals surface area contributed by atoms with Gasteiger partial charge in [-0.05, 0) is 13.0 Å². The predicted molar refractivity (Wildman–Crippen MR) is 47.0 cm³/mol. The Morgan fingerprint density at radius 3 is 2.77 bits per heavy atom. The third kappa shape index (κ3) is 2.12. The zero-order chi connectivity index (χ0) is 9.84. The van der Waals surface area contributed by atoms with Crippen molar-refractivity contribution in [1.82, 2.24) is 0 Å². The zero-order valence-corrected chi connectivity index (χ0v) is 7.58. The minimum Gasteiger partial charge on any atom is -0.369 e. The van der Waals surface area contributed by atoms with Crippen LogP contribution in [-0.2, 0) is 9.53 Å². The fourth-order valence-electron chi connectivity index (χ4n) is 1.14. The Hall–Kier alpha value is -1.22. The third-order valence-corrected chi connectivity index (χ3v) is 1.84. The number of carbonyl (C=O) groups excluding carboxylic acids is 1. The Morgan fingerprint density at radius 2 is 2.23 bits per heavy atom. The van der Waals surface area contributed by atoms with Gasteiger partial charge in [-0.1, -0.05) is 17.7 Å². The second-order valence-electron chi connectivity index (χ2n) is 2.82. The molecule has 3 heteroatoms. The lowest BCUT2D eigenvalue weighted by Gasteiger charge is -2.09. The molecule has 1 unspecified atom stereocenters. The first-order chi connectivity index (χ1) is 6.19. The average Bonchev–Trinajstić information content (AvgIpc) is 2.13. The molecule has 0 heterocycles. The maximum Gasteiger partial charge on any atom is 0.153 e. The minimum atomic E-state index is -0.806. The van der Waals surface area contributed by atoms with E-state index in [-0.39, 0.29) is 5.56 Å². The van der Waals surface area contributed by atoms with Crippen LogP contribution in [0.25, 0.3) is 0 Å². The molecule has 2 nitrogen and oxygen atoms in total. The van der Waals surface area contributed by atoms with Crippen molar-refractivity contribution in [3.63, 3.8) is 0 Å². The van der Waals surface area contributed by atoms with Crippen LogP contribution in [0.1, 0.15) is 17.2 Å². The molecule has 0 bridgehead atoms. The molecule has 13 heavy (non-hydrogen) atoms. The quantitative estimate of drug-likeness (QED) is 0.668. The SMILES string of the molecule is COC(C=O)c1cc(C)ccc1F. The Balaban J connectivity index is 3.10. The number of hydrogen-bond donors (Lipinski definition) is 0. The third-order valence-electron chi connectivity index (χ3n) is 1.84. The van der Waals surface area contributed by atoms with Crippen LogP contribution in [0.5, 0.6) is 0 Å². The largest absolute Gasteiger partial charge is 0.369 e. The van der Waals surface area contributed by atoms with Crippen molar-refractivity contribution in [2.24, 2.45) is 0 Å². The van der Waals surface area contributed by atoms with Gasteiger partial charge in [0.25, 0.3) is 0 Å². The first-order valence-electron chi connectivity index (χ1n) is 3.93. The summed E-state index contributed by atoms with van der Waals surface area (Å²) in [7, 11) is 1.38. The van der Waals surface area contributed by atoms with Crippen LogP contribution in [-0.4, -0.2) is 13.4 Å². The number of benzene rings is 1. The first-order valence-corrected chi connectivity index (χ1v) is 3.93. The molecule has 1 rings (SSSR count). The van der Waals surface area contributed by atoms with E-state index >= 15 is 0 Å². The molecule has 1 aromatic carbocycles.